The summed E-state index contributed by atoms with van der Waals surface area (Å²) >= 11 is 0. The van der Waals surface area contributed by atoms with Crippen LogP contribution in [0, 0.1) is 0 Å². The zero-order valence-corrected chi connectivity index (χ0v) is 10.0. The fraction of sp³-hybridized carbons (Fsp3) is 0.143. The second-order valence-electron chi connectivity index (χ2n) is 3.78. The molecule has 3 N–H and O–H groups in total. The van der Waals surface area contributed by atoms with Crippen LogP contribution in [0.2, 0.25) is 0 Å². The highest BCUT2D eigenvalue weighted by Gasteiger charge is 2.03. The van der Waals surface area contributed by atoms with Gasteiger partial charge in [-0.1, -0.05) is 12.1 Å². The molecule has 0 amide bonds. The number of nitrogens with two attached hydrogens (primary N) is 1. The van der Waals surface area contributed by atoms with Crippen molar-refractivity contribution in [2.75, 3.05) is 25.2 Å². The van der Waals surface area contributed by atoms with E-state index >= 15 is 0 Å². The molecule has 88 valence electrons. The van der Waals surface area contributed by atoms with E-state index < -0.39 is 0 Å². The Hall–Kier alpha value is -2.16. The molecule has 0 radical (unpaired) electrons. The Morgan fingerprint density at radius 2 is 1.76 bits per heavy atom. The normalized spacial score (nSPS) is 10.0. The van der Waals surface area contributed by atoms with Crippen molar-refractivity contribution in [3.63, 3.8) is 0 Å². The van der Waals surface area contributed by atoms with Crippen molar-refractivity contribution in [1.29, 1.82) is 0 Å². The molecule has 0 fully saturated rings. The van der Waals surface area contributed by atoms with Gasteiger partial charge in [0, 0.05) is 24.0 Å². The molecule has 0 heterocycles. The molecule has 0 spiro atoms. The number of ether oxygens (including phenoxy) is 1. The third kappa shape index (κ3) is 2.33. The molecule has 17 heavy (non-hydrogen) atoms. The molecule has 0 bridgehead atoms. The van der Waals surface area contributed by atoms with Gasteiger partial charge in [-0.3, -0.25) is 0 Å². The van der Waals surface area contributed by atoms with Crippen molar-refractivity contribution in [3.05, 3.63) is 42.5 Å². The van der Waals surface area contributed by atoms with Crippen molar-refractivity contribution in [3.8, 4) is 16.9 Å². The molecular formula is C14H16N2O. The van der Waals surface area contributed by atoms with Crippen LogP contribution >= 0.6 is 0 Å². The van der Waals surface area contributed by atoms with E-state index in [-0.39, 0.29) is 0 Å². The minimum atomic E-state index is 0.772. The lowest BCUT2D eigenvalue weighted by atomic mass is 10.0. The average molecular weight is 228 g/mol. The van der Waals surface area contributed by atoms with Crippen LogP contribution in [0.1, 0.15) is 0 Å². The molecule has 0 aliphatic rings. The van der Waals surface area contributed by atoms with Crippen molar-refractivity contribution >= 4 is 11.4 Å². The van der Waals surface area contributed by atoms with E-state index in [2.05, 4.69) is 5.32 Å². The van der Waals surface area contributed by atoms with Crippen LogP contribution in [0.5, 0.6) is 5.75 Å². The van der Waals surface area contributed by atoms with Crippen LogP contribution < -0.4 is 15.8 Å². The first kappa shape index (κ1) is 11.3. The maximum atomic E-state index is 5.99. The second-order valence-corrected chi connectivity index (χ2v) is 3.78. The Bertz CT molecular complexity index is 506. The number of hydrogen-bond donors (Lipinski definition) is 2. The molecule has 2 aromatic carbocycles. The van der Waals surface area contributed by atoms with E-state index in [9.17, 15) is 0 Å². The first-order valence-electron chi connectivity index (χ1n) is 5.46. The van der Waals surface area contributed by atoms with E-state index in [4.69, 9.17) is 10.5 Å². The van der Waals surface area contributed by atoms with Gasteiger partial charge in [-0.25, -0.2) is 0 Å². The molecule has 2 rings (SSSR count). The molecule has 0 unspecified atom stereocenters. The van der Waals surface area contributed by atoms with E-state index in [1.165, 1.54) is 0 Å². The van der Waals surface area contributed by atoms with Crippen LogP contribution in [0.4, 0.5) is 11.4 Å². The number of rotatable bonds is 3. The number of methoxy groups -OCH3 is 1. The van der Waals surface area contributed by atoms with Crippen molar-refractivity contribution in [2.45, 2.75) is 0 Å². The fourth-order valence-corrected chi connectivity index (χ4v) is 1.73. The molecule has 0 aromatic heterocycles. The minimum absolute atomic E-state index is 0.772. The smallest absolute Gasteiger partial charge is 0.118 e. The quantitative estimate of drug-likeness (QED) is 0.794. The predicted molar refractivity (Wildman–Crippen MR) is 72.4 cm³/mol. The van der Waals surface area contributed by atoms with Gasteiger partial charge in [-0.15, -0.1) is 0 Å². The molecule has 3 heteroatoms. The van der Waals surface area contributed by atoms with Gasteiger partial charge >= 0.3 is 0 Å². The zero-order chi connectivity index (χ0) is 12.3. The van der Waals surface area contributed by atoms with Gasteiger partial charge in [-0.05, 0) is 35.9 Å². The Labute approximate surface area is 101 Å². The lowest BCUT2D eigenvalue weighted by Gasteiger charge is -2.09. The SMILES string of the molecule is CNc1ccc(N)c(-c2ccc(OC)cc2)c1. The molecule has 0 saturated carbocycles. The summed E-state index contributed by atoms with van der Waals surface area (Å²) in [6, 6.07) is 13.8. The highest BCUT2D eigenvalue weighted by atomic mass is 16.5. The Morgan fingerprint density at radius 1 is 1.06 bits per heavy atom. The van der Waals surface area contributed by atoms with Gasteiger partial charge in [0.25, 0.3) is 0 Å². The fourth-order valence-electron chi connectivity index (χ4n) is 1.73. The number of anilines is 2. The van der Waals surface area contributed by atoms with Crippen molar-refractivity contribution in [2.24, 2.45) is 0 Å². The predicted octanol–water partition coefficient (Wildman–Crippen LogP) is 2.99. The lowest BCUT2D eigenvalue weighted by molar-refractivity contribution is 0.415. The van der Waals surface area contributed by atoms with E-state index in [1.807, 2.05) is 49.5 Å². The monoisotopic (exact) mass is 228 g/mol. The van der Waals surface area contributed by atoms with Crippen molar-refractivity contribution < 1.29 is 4.74 Å². The topological polar surface area (TPSA) is 47.3 Å². The highest BCUT2D eigenvalue weighted by molar-refractivity contribution is 5.79. The van der Waals surface area contributed by atoms with E-state index in [0.29, 0.717) is 0 Å². The third-order valence-corrected chi connectivity index (χ3v) is 2.74. The summed E-state index contributed by atoms with van der Waals surface area (Å²) in [6.45, 7) is 0. The lowest BCUT2D eigenvalue weighted by Crippen LogP contribution is -1.93. The van der Waals surface area contributed by atoms with Gasteiger partial charge in [-0.2, -0.15) is 0 Å². The molecule has 0 atom stereocenters. The zero-order valence-electron chi connectivity index (χ0n) is 10.0. The summed E-state index contributed by atoms with van der Waals surface area (Å²) in [5, 5.41) is 3.11. The molecule has 3 nitrogen and oxygen atoms in total. The number of benzene rings is 2. The van der Waals surface area contributed by atoms with E-state index in [0.717, 1.165) is 28.3 Å². The highest BCUT2D eigenvalue weighted by Crippen LogP contribution is 2.29. The van der Waals surface area contributed by atoms with Gasteiger partial charge in [0.1, 0.15) is 5.75 Å². The summed E-state index contributed by atoms with van der Waals surface area (Å²) in [4.78, 5) is 0. The van der Waals surface area contributed by atoms with Gasteiger partial charge in [0.15, 0.2) is 0 Å². The summed E-state index contributed by atoms with van der Waals surface area (Å²) in [5.41, 5.74) is 9.92. The Balaban J connectivity index is 2.43. The van der Waals surface area contributed by atoms with Gasteiger partial charge in [0.2, 0.25) is 0 Å². The van der Waals surface area contributed by atoms with E-state index in [1.54, 1.807) is 7.11 Å². The Kier molecular flexibility index (Phi) is 3.19. The minimum Gasteiger partial charge on any atom is -0.497 e. The Morgan fingerprint density at radius 3 is 2.35 bits per heavy atom. The van der Waals surface area contributed by atoms with Crippen LogP contribution in [0.15, 0.2) is 42.5 Å². The largest absolute Gasteiger partial charge is 0.497 e. The summed E-state index contributed by atoms with van der Waals surface area (Å²) in [6.07, 6.45) is 0. The maximum Gasteiger partial charge on any atom is 0.118 e. The summed E-state index contributed by atoms with van der Waals surface area (Å²) < 4.78 is 5.14. The van der Waals surface area contributed by atoms with Crippen molar-refractivity contribution in [1.82, 2.24) is 0 Å². The molecule has 2 aromatic rings. The molecule has 0 saturated heterocycles. The maximum absolute atomic E-state index is 5.99. The molecule has 0 aliphatic heterocycles. The second kappa shape index (κ2) is 4.78. The number of nitrogen functional groups attached to an aromatic ring is 1. The average Bonchev–Trinajstić information content (AvgIpc) is 2.39. The molecule has 0 aliphatic carbocycles. The summed E-state index contributed by atoms with van der Waals surface area (Å²) in [5.74, 6) is 0.845. The number of nitrogens with one attached hydrogen (secondary N) is 1. The van der Waals surface area contributed by atoms with Crippen LogP contribution in [-0.2, 0) is 0 Å². The first-order valence-corrected chi connectivity index (χ1v) is 5.46. The van der Waals surface area contributed by atoms with Gasteiger partial charge < -0.3 is 15.8 Å². The van der Waals surface area contributed by atoms with Crippen LogP contribution in [0.25, 0.3) is 11.1 Å². The molecular weight excluding hydrogens is 212 g/mol. The third-order valence-electron chi connectivity index (χ3n) is 2.74. The standard InChI is InChI=1S/C14H16N2O/c1-16-11-5-8-14(15)13(9-11)10-3-6-12(17-2)7-4-10/h3-9,16H,15H2,1-2H3. The van der Waals surface area contributed by atoms with Gasteiger partial charge in [0.05, 0.1) is 7.11 Å². The summed E-state index contributed by atoms with van der Waals surface area (Å²) in [7, 11) is 3.55. The van der Waals surface area contributed by atoms with Crippen LogP contribution in [0.3, 0.4) is 0 Å². The first-order chi connectivity index (χ1) is 8.24. The number of hydrogen-bond acceptors (Lipinski definition) is 3. The van der Waals surface area contributed by atoms with Crippen LogP contribution in [-0.4, -0.2) is 14.2 Å².